The minimum absolute atomic E-state index is 0.0695. The Morgan fingerprint density at radius 1 is 1.33 bits per heavy atom. The van der Waals surface area contributed by atoms with Crippen molar-refractivity contribution in [1.29, 1.82) is 5.26 Å². The second kappa shape index (κ2) is 7.02. The number of nitriles is 1. The van der Waals surface area contributed by atoms with Crippen LogP contribution in [0.15, 0.2) is 29.8 Å². The summed E-state index contributed by atoms with van der Waals surface area (Å²) in [6, 6.07) is 7.37. The van der Waals surface area contributed by atoms with Gasteiger partial charge in [0.2, 0.25) is 0 Å². The average molecular weight is 328 g/mol. The minimum Gasteiger partial charge on any atom is -0.369 e. The first-order valence-electron chi connectivity index (χ1n) is 8.24. The third-order valence-electron chi connectivity index (χ3n) is 4.82. The van der Waals surface area contributed by atoms with Gasteiger partial charge in [0.05, 0.1) is 11.6 Å². The molecule has 2 aliphatic rings. The van der Waals surface area contributed by atoms with Gasteiger partial charge in [0.25, 0.3) is 5.91 Å². The van der Waals surface area contributed by atoms with Gasteiger partial charge in [0, 0.05) is 50.5 Å². The largest absolute Gasteiger partial charge is 0.369 e. The Hall–Kier alpha value is -2.39. The van der Waals surface area contributed by atoms with Gasteiger partial charge in [-0.1, -0.05) is 6.08 Å². The van der Waals surface area contributed by atoms with Gasteiger partial charge < -0.3 is 10.2 Å². The van der Waals surface area contributed by atoms with Crippen LogP contribution in [0.2, 0.25) is 0 Å². The monoisotopic (exact) mass is 328 g/mol. The first-order valence-corrected chi connectivity index (χ1v) is 8.24. The molecule has 1 atom stereocenters. The van der Waals surface area contributed by atoms with Crippen LogP contribution in [0.1, 0.15) is 23.2 Å². The van der Waals surface area contributed by atoms with Gasteiger partial charge in [-0.3, -0.25) is 9.69 Å². The standard InChI is InChI=1S/C18H21FN4O/c1-21-18(24)16-5-4-15(11-17(16)19)23-8-6-22(7-9-23)14-3-2-13(10-14)12-20/h4-5,10-11,14H,2-3,6-9H2,1H3,(H,21,24). The Morgan fingerprint density at radius 2 is 2.08 bits per heavy atom. The number of hydrogen-bond donors (Lipinski definition) is 1. The zero-order chi connectivity index (χ0) is 17.1. The van der Waals surface area contributed by atoms with E-state index in [1.807, 2.05) is 0 Å². The lowest BCUT2D eigenvalue weighted by atomic mass is 10.1. The molecule has 0 radical (unpaired) electrons. The number of benzene rings is 1. The second-order valence-corrected chi connectivity index (χ2v) is 6.18. The summed E-state index contributed by atoms with van der Waals surface area (Å²) < 4.78 is 14.1. The molecule has 0 spiro atoms. The normalized spacial score (nSPS) is 21.3. The number of carbonyl (C=O) groups is 1. The topological polar surface area (TPSA) is 59.4 Å². The Labute approximate surface area is 141 Å². The molecule has 24 heavy (non-hydrogen) atoms. The lowest BCUT2D eigenvalue weighted by Gasteiger charge is -2.38. The fourth-order valence-corrected chi connectivity index (χ4v) is 3.41. The Bertz CT molecular complexity index is 701. The summed E-state index contributed by atoms with van der Waals surface area (Å²) in [7, 11) is 1.49. The van der Waals surface area contributed by atoms with E-state index in [4.69, 9.17) is 5.26 Å². The van der Waals surface area contributed by atoms with Crippen LogP contribution >= 0.6 is 0 Å². The van der Waals surface area contributed by atoms with Crippen molar-refractivity contribution in [2.45, 2.75) is 18.9 Å². The molecule has 126 valence electrons. The van der Waals surface area contributed by atoms with Gasteiger partial charge in [-0.15, -0.1) is 0 Å². The summed E-state index contributed by atoms with van der Waals surface area (Å²) in [6.45, 7) is 3.40. The summed E-state index contributed by atoms with van der Waals surface area (Å²) in [5.74, 6) is -0.906. The maximum Gasteiger partial charge on any atom is 0.253 e. The van der Waals surface area contributed by atoms with Crippen LogP contribution in [0.4, 0.5) is 10.1 Å². The second-order valence-electron chi connectivity index (χ2n) is 6.18. The molecule has 1 heterocycles. The number of carbonyl (C=O) groups excluding carboxylic acids is 1. The highest BCUT2D eigenvalue weighted by molar-refractivity contribution is 5.94. The third-order valence-corrected chi connectivity index (χ3v) is 4.82. The van der Waals surface area contributed by atoms with E-state index in [0.29, 0.717) is 6.04 Å². The van der Waals surface area contributed by atoms with E-state index in [1.54, 1.807) is 6.07 Å². The smallest absolute Gasteiger partial charge is 0.253 e. The minimum atomic E-state index is -0.494. The van der Waals surface area contributed by atoms with Crippen molar-refractivity contribution in [3.05, 3.63) is 41.2 Å². The molecule has 3 rings (SSSR count). The molecule has 0 saturated carbocycles. The number of amides is 1. The molecular formula is C18H21FN4O. The summed E-state index contributed by atoms with van der Waals surface area (Å²) in [6.07, 6.45) is 3.96. The number of halogens is 1. The van der Waals surface area contributed by atoms with E-state index in [-0.39, 0.29) is 5.56 Å². The molecule has 1 saturated heterocycles. The van der Waals surface area contributed by atoms with Crippen molar-refractivity contribution >= 4 is 11.6 Å². The zero-order valence-corrected chi connectivity index (χ0v) is 13.8. The maximum absolute atomic E-state index is 14.1. The average Bonchev–Trinajstić information content (AvgIpc) is 3.10. The first kappa shape index (κ1) is 16.5. The molecule has 5 nitrogen and oxygen atoms in total. The van der Waals surface area contributed by atoms with Crippen LogP contribution in [-0.2, 0) is 0 Å². The van der Waals surface area contributed by atoms with E-state index in [1.165, 1.54) is 19.2 Å². The van der Waals surface area contributed by atoms with Gasteiger partial charge in [-0.05, 0) is 31.0 Å². The number of rotatable bonds is 3. The zero-order valence-electron chi connectivity index (χ0n) is 13.8. The number of nitrogens with one attached hydrogen (secondary N) is 1. The quantitative estimate of drug-likeness (QED) is 0.921. The van der Waals surface area contributed by atoms with Crippen molar-refractivity contribution in [1.82, 2.24) is 10.2 Å². The third kappa shape index (κ3) is 3.26. The van der Waals surface area contributed by atoms with E-state index < -0.39 is 11.7 Å². The molecule has 1 fully saturated rings. The van der Waals surface area contributed by atoms with Crippen LogP contribution in [0.25, 0.3) is 0 Å². The number of hydrogen-bond acceptors (Lipinski definition) is 4. The first-order chi connectivity index (χ1) is 11.6. The van der Waals surface area contributed by atoms with Crippen molar-refractivity contribution in [3.8, 4) is 6.07 Å². The molecule has 1 N–H and O–H groups in total. The molecule has 1 amide bonds. The molecule has 1 aromatic carbocycles. The lowest BCUT2D eigenvalue weighted by molar-refractivity contribution is 0.0959. The number of allylic oxidation sites excluding steroid dienone is 1. The van der Waals surface area contributed by atoms with Crippen molar-refractivity contribution in [2.24, 2.45) is 0 Å². The molecule has 1 aromatic rings. The van der Waals surface area contributed by atoms with Gasteiger partial charge in [-0.25, -0.2) is 4.39 Å². The molecule has 1 aliphatic carbocycles. The number of anilines is 1. The predicted octanol–water partition coefficient (Wildman–Crippen LogP) is 1.92. The van der Waals surface area contributed by atoms with Crippen LogP contribution in [0.3, 0.4) is 0 Å². The fraction of sp³-hybridized carbons (Fsp3) is 0.444. The van der Waals surface area contributed by atoms with E-state index in [2.05, 4.69) is 27.3 Å². The Morgan fingerprint density at radius 3 is 2.67 bits per heavy atom. The van der Waals surface area contributed by atoms with Crippen LogP contribution in [0, 0.1) is 17.1 Å². The molecular weight excluding hydrogens is 307 g/mol. The van der Waals surface area contributed by atoms with Gasteiger partial charge in [0.15, 0.2) is 0 Å². The van der Waals surface area contributed by atoms with Crippen molar-refractivity contribution < 1.29 is 9.18 Å². The summed E-state index contributed by atoms with van der Waals surface area (Å²) in [5, 5.41) is 11.4. The van der Waals surface area contributed by atoms with E-state index in [0.717, 1.165) is 50.3 Å². The fourth-order valence-electron chi connectivity index (χ4n) is 3.41. The van der Waals surface area contributed by atoms with Crippen LogP contribution in [0.5, 0.6) is 0 Å². The van der Waals surface area contributed by atoms with Crippen LogP contribution in [-0.4, -0.2) is 50.1 Å². The number of piperazine rings is 1. The molecule has 6 heteroatoms. The Balaban J connectivity index is 1.63. The van der Waals surface area contributed by atoms with Gasteiger partial charge in [0.1, 0.15) is 5.82 Å². The highest BCUT2D eigenvalue weighted by atomic mass is 19.1. The lowest BCUT2D eigenvalue weighted by Crippen LogP contribution is -2.49. The SMILES string of the molecule is CNC(=O)c1ccc(N2CCN(C3C=C(C#N)CC3)CC2)cc1F. The molecule has 1 unspecified atom stereocenters. The van der Waals surface area contributed by atoms with Crippen molar-refractivity contribution in [3.63, 3.8) is 0 Å². The maximum atomic E-state index is 14.1. The van der Waals surface area contributed by atoms with Gasteiger partial charge >= 0.3 is 0 Å². The number of nitrogens with zero attached hydrogens (tertiary/aromatic N) is 3. The molecule has 1 aliphatic heterocycles. The predicted molar refractivity (Wildman–Crippen MR) is 90.3 cm³/mol. The van der Waals surface area contributed by atoms with Crippen molar-refractivity contribution in [2.75, 3.05) is 38.1 Å². The van der Waals surface area contributed by atoms with Gasteiger partial charge in [-0.2, -0.15) is 5.26 Å². The van der Waals surface area contributed by atoms with Crippen LogP contribution < -0.4 is 10.2 Å². The Kier molecular flexibility index (Phi) is 4.81. The summed E-state index contributed by atoms with van der Waals surface area (Å²) in [5.41, 5.74) is 1.76. The van der Waals surface area contributed by atoms with E-state index in [9.17, 15) is 9.18 Å². The molecule has 0 bridgehead atoms. The summed E-state index contributed by atoms with van der Waals surface area (Å²) >= 11 is 0. The highest BCUT2D eigenvalue weighted by Crippen LogP contribution is 2.25. The summed E-state index contributed by atoms with van der Waals surface area (Å²) in [4.78, 5) is 16.1. The van der Waals surface area contributed by atoms with E-state index >= 15 is 0 Å². The molecule has 0 aromatic heterocycles. The highest BCUT2D eigenvalue weighted by Gasteiger charge is 2.26.